The monoisotopic (exact) mass is 615 g/mol. The fourth-order valence-electron chi connectivity index (χ4n) is 6.77. The summed E-state index contributed by atoms with van der Waals surface area (Å²) in [6.07, 6.45) is 0. The van der Waals surface area contributed by atoms with Crippen molar-refractivity contribution >= 4 is 54.6 Å². The predicted molar refractivity (Wildman–Crippen MR) is 194 cm³/mol. The highest BCUT2D eigenvalue weighted by Crippen LogP contribution is 2.38. The third-order valence-electron chi connectivity index (χ3n) is 9.13. The lowest BCUT2D eigenvalue weighted by molar-refractivity contribution is 0.668. The van der Waals surface area contributed by atoms with Crippen molar-refractivity contribution in [2.75, 3.05) is 0 Å². The highest BCUT2D eigenvalue weighted by atomic mass is 16.3. The van der Waals surface area contributed by atoms with E-state index in [1.807, 2.05) is 72.8 Å². The van der Waals surface area contributed by atoms with Gasteiger partial charge in [-0.15, -0.1) is 0 Å². The van der Waals surface area contributed by atoms with Gasteiger partial charge in [-0.05, 0) is 64.4 Å². The van der Waals surface area contributed by atoms with Gasteiger partial charge in [-0.2, -0.15) is 0 Å². The highest BCUT2D eigenvalue weighted by Gasteiger charge is 2.18. The third kappa shape index (κ3) is 4.29. The van der Waals surface area contributed by atoms with Crippen LogP contribution in [0, 0.1) is 0 Å². The van der Waals surface area contributed by atoms with Gasteiger partial charge in [0.25, 0.3) is 0 Å². The Bertz CT molecular complexity index is 2850. The molecule has 0 aliphatic carbocycles. The Morgan fingerprint density at radius 1 is 0.333 bits per heavy atom. The van der Waals surface area contributed by atoms with E-state index in [9.17, 15) is 0 Å². The molecule has 0 aliphatic heterocycles. The van der Waals surface area contributed by atoms with Gasteiger partial charge in [0.1, 0.15) is 22.3 Å². The van der Waals surface area contributed by atoms with Gasteiger partial charge in [0.05, 0.1) is 0 Å². The van der Waals surface area contributed by atoms with Crippen LogP contribution < -0.4 is 0 Å². The molecule has 0 spiro atoms. The number of hydrogen-bond donors (Lipinski definition) is 0. The van der Waals surface area contributed by atoms with Crippen molar-refractivity contribution in [1.29, 1.82) is 0 Å². The van der Waals surface area contributed by atoms with Gasteiger partial charge < -0.3 is 8.83 Å². The van der Waals surface area contributed by atoms with Crippen molar-refractivity contribution < 1.29 is 8.83 Å². The lowest BCUT2D eigenvalue weighted by Gasteiger charge is -2.09. The fraction of sp³-hybridized carbons (Fsp3) is 0. The maximum Gasteiger partial charge on any atom is 0.164 e. The molecule has 0 saturated carbocycles. The molecule has 3 heterocycles. The molecule has 224 valence electrons. The third-order valence-corrected chi connectivity index (χ3v) is 9.13. The summed E-state index contributed by atoms with van der Waals surface area (Å²) in [5.41, 5.74) is 8.17. The smallest absolute Gasteiger partial charge is 0.164 e. The van der Waals surface area contributed by atoms with Crippen LogP contribution >= 0.6 is 0 Å². The first kappa shape index (κ1) is 26.6. The zero-order chi connectivity index (χ0) is 31.6. The van der Waals surface area contributed by atoms with E-state index in [0.717, 1.165) is 71.7 Å². The molecular weight excluding hydrogens is 590 g/mol. The lowest BCUT2D eigenvalue weighted by Crippen LogP contribution is -2.00. The van der Waals surface area contributed by atoms with E-state index in [-0.39, 0.29) is 0 Å². The average molecular weight is 616 g/mol. The maximum absolute atomic E-state index is 6.51. The molecular formula is C43H25N3O2. The van der Waals surface area contributed by atoms with Crippen LogP contribution in [0.1, 0.15) is 0 Å². The predicted octanol–water partition coefficient (Wildman–Crippen LogP) is 11.5. The average Bonchev–Trinajstić information content (AvgIpc) is 3.72. The molecule has 0 radical (unpaired) electrons. The molecule has 0 atom stereocenters. The summed E-state index contributed by atoms with van der Waals surface area (Å²) in [7, 11) is 0. The summed E-state index contributed by atoms with van der Waals surface area (Å²) in [5, 5.41) is 6.57. The molecule has 0 unspecified atom stereocenters. The standard InChI is InChI=1S/C43H25N3O2/c1-2-10-27(11-3-1)41-44-42(46-43(45-41)35-14-8-16-37-40(35)34-13-6-7-15-36(34)47-37)31-20-22-33-32-21-19-30(24-38(32)48-39(33)25-31)29-18-17-26-9-4-5-12-28(26)23-29/h1-25H. The molecule has 10 aromatic rings. The minimum Gasteiger partial charge on any atom is -0.456 e. The van der Waals surface area contributed by atoms with Gasteiger partial charge in [0, 0.05) is 38.2 Å². The topological polar surface area (TPSA) is 65.0 Å². The van der Waals surface area contributed by atoms with Crippen LogP contribution in [0.2, 0.25) is 0 Å². The zero-order valence-corrected chi connectivity index (χ0v) is 25.6. The van der Waals surface area contributed by atoms with Gasteiger partial charge in [-0.1, -0.05) is 109 Å². The molecule has 5 nitrogen and oxygen atoms in total. The molecule has 0 bridgehead atoms. The lowest BCUT2D eigenvalue weighted by atomic mass is 10.00. The van der Waals surface area contributed by atoms with Crippen molar-refractivity contribution in [3.63, 3.8) is 0 Å². The number of para-hydroxylation sites is 1. The Morgan fingerprint density at radius 3 is 1.79 bits per heavy atom. The molecule has 3 aromatic heterocycles. The molecule has 0 aliphatic rings. The largest absolute Gasteiger partial charge is 0.456 e. The summed E-state index contributed by atoms with van der Waals surface area (Å²) in [5.74, 6) is 1.76. The summed E-state index contributed by atoms with van der Waals surface area (Å²) >= 11 is 0. The second kappa shape index (κ2) is 10.5. The van der Waals surface area contributed by atoms with Gasteiger partial charge in [0.2, 0.25) is 0 Å². The fourth-order valence-corrected chi connectivity index (χ4v) is 6.77. The van der Waals surface area contributed by atoms with Crippen LogP contribution in [0.5, 0.6) is 0 Å². The summed E-state index contributed by atoms with van der Waals surface area (Å²) in [6, 6.07) is 51.7. The molecule has 0 N–H and O–H groups in total. The van der Waals surface area contributed by atoms with Crippen molar-refractivity contribution in [3.8, 4) is 45.3 Å². The Labute approximate surface area is 274 Å². The highest BCUT2D eigenvalue weighted by molar-refractivity contribution is 6.12. The van der Waals surface area contributed by atoms with Gasteiger partial charge >= 0.3 is 0 Å². The molecule has 0 fully saturated rings. The zero-order valence-electron chi connectivity index (χ0n) is 25.6. The van der Waals surface area contributed by atoms with E-state index in [2.05, 4.69) is 78.9 Å². The first-order valence-corrected chi connectivity index (χ1v) is 15.9. The van der Waals surface area contributed by atoms with E-state index < -0.39 is 0 Å². The number of fused-ring (bicyclic) bond motifs is 7. The molecule has 7 aromatic carbocycles. The second-order valence-corrected chi connectivity index (χ2v) is 12.0. The molecule has 0 saturated heterocycles. The molecule has 5 heteroatoms. The number of aromatic nitrogens is 3. The van der Waals surface area contributed by atoms with Crippen LogP contribution in [0.15, 0.2) is 160 Å². The van der Waals surface area contributed by atoms with Gasteiger partial charge in [-0.3, -0.25) is 0 Å². The first-order chi connectivity index (χ1) is 23.7. The minimum absolute atomic E-state index is 0.572. The summed E-state index contributed by atoms with van der Waals surface area (Å²) in [6.45, 7) is 0. The van der Waals surface area contributed by atoms with Crippen molar-refractivity contribution in [1.82, 2.24) is 15.0 Å². The van der Waals surface area contributed by atoms with Gasteiger partial charge in [0.15, 0.2) is 17.5 Å². The Morgan fingerprint density at radius 2 is 0.938 bits per heavy atom. The van der Waals surface area contributed by atoms with E-state index in [0.29, 0.717) is 17.5 Å². The molecule has 10 rings (SSSR count). The number of furan rings is 2. The van der Waals surface area contributed by atoms with Crippen LogP contribution in [0.25, 0.3) is 99.9 Å². The molecule has 0 amide bonds. The number of rotatable bonds is 4. The SMILES string of the molecule is c1ccc(-c2nc(-c3ccc4c(c3)oc3cc(-c5ccc6ccccc6c5)ccc34)nc(-c3cccc4oc5ccccc5c34)n2)cc1. The Balaban J connectivity index is 1.13. The normalized spacial score (nSPS) is 11.8. The second-order valence-electron chi connectivity index (χ2n) is 12.0. The molecule has 48 heavy (non-hydrogen) atoms. The van der Waals surface area contributed by atoms with Crippen molar-refractivity contribution in [2.24, 2.45) is 0 Å². The number of hydrogen-bond acceptors (Lipinski definition) is 5. The van der Waals surface area contributed by atoms with Crippen LogP contribution in [0.3, 0.4) is 0 Å². The van der Waals surface area contributed by atoms with Crippen molar-refractivity contribution in [3.05, 3.63) is 152 Å². The minimum atomic E-state index is 0.572. The maximum atomic E-state index is 6.51. The Kier molecular flexibility index (Phi) is 5.81. The van der Waals surface area contributed by atoms with E-state index >= 15 is 0 Å². The quantitative estimate of drug-likeness (QED) is 0.197. The van der Waals surface area contributed by atoms with Crippen LogP contribution in [-0.4, -0.2) is 15.0 Å². The first-order valence-electron chi connectivity index (χ1n) is 15.9. The Hall–Kier alpha value is -6.59. The van der Waals surface area contributed by atoms with E-state index in [1.165, 1.54) is 10.8 Å². The van der Waals surface area contributed by atoms with Crippen LogP contribution in [-0.2, 0) is 0 Å². The number of benzene rings is 7. The van der Waals surface area contributed by atoms with Crippen LogP contribution in [0.4, 0.5) is 0 Å². The van der Waals surface area contributed by atoms with Gasteiger partial charge in [-0.25, -0.2) is 15.0 Å². The number of nitrogens with zero attached hydrogens (tertiary/aromatic N) is 3. The van der Waals surface area contributed by atoms with E-state index in [4.69, 9.17) is 23.8 Å². The van der Waals surface area contributed by atoms with E-state index in [1.54, 1.807) is 0 Å². The summed E-state index contributed by atoms with van der Waals surface area (Å²) < 4.78 is 12.7. The summed E-state index contributed by atoms with van der Waals surface area (Å²) in [4.78, 5) is 15.1. The van der Waals surface area contributed by atoms with Crippen molar-refractivity contribution in [2.45, 2.75) is 0 Å².